The summed E-state index contributed by atoms with van der Waals surface area (Å²) in [5, 5.41) is 4.30. The van der Waals surface area contributed by atoms with Crippen molar-refractivity contribution >= 4 is 10.0 Å². The molecule has 0 bridgehead atoms. The number of aromatic nitrogens is 2. The number of hydrogen-bond acceptors (Lipinski definition) is 6. The van der Waals surface area contributed by atoms with E-state index >= 15 is 0 Å². The topological polar surface area (TPSA) is 91.7 Å². The lowest BCUT2D eigenvalue weighted by atomic mass is 9.93. The number of ether oxygens (including phenoxy) is 3. The zero-order chi connectivity index (χ0) is 20.3. The minimum atomic E-state index is -3.59. The molecule has 1 heterocycles. The van der Waals surface area contributed by atoms with Gasteiger partial charge in [0.05, 0.1) is 26.0 Å². The van der Waals surface area contributed by atoms with Gasteiger partial charge in [0, 0.05) is 13.1 Å². The predicted molar refractivity (Wildman–Crippen MR) is 104 cm³/mol. The van der Waals surface area contributed by atoms with Crippen LogP contribution in [-0.2, 0) is 17.1 Å². The molecular weight excluding hydrogens is 382 g/mol. The third kappa shape index (κ3) is 4.41. The van der Waals surface area contributed by atoms with Gasteiger partial charge in [-0.15, -0.1) is 0 Å². The quantitative estimate of drug-likeness (QED) is 0.755. The molecule has 1 aromatic heterocycles. The van der Waals surface area contributed by atoms with Crippen molar-refractivity contribution in [3.8, 4) is 17.2 Å². The van der Waals surface area contributed by atoms with Crippen molar-refractivity contribution in [3.63, 3.8) is 0 Å². The lowest BCUT2D eigenvalue weighted by Gasteiger charge is -2.29. The van der Waals surface area contributed by atoms with E-state index in [1.165, 1.54) is 4.68 Å². The Labute approximate surface area is 165 Å². The highest BCUT2D eigenvalue weighted by atomic mass is 32.2. The first-order valence-electron chi connectivity index (χ1n) is 9.24. The minimum Gasteiger partial charge on any atom is -0.493 e. The van der Waals surface area contributed by atoms with Crippen LogP contribution in [0, 0.1) is 6.92 Å². The van der Waals surface area contributed by atoms with Crippen LogP contribution in [0.5, 0.6) is 17.2 Å². The predicted octanol–water partition coefficient (Wildman–Crippen LogP) is 2.41. The van der Waals surface area contributed by atoms with Crippen LogP contribution in [0.1, 0.15) is 31.4 Å². The normalized spacial score (nSPS) is 20.0. The molecule has 8 nitrogen and oxygen atoms in total. The van der Waals surface area contributed by atoms with Gasteiger partial charge in [-0.05, 0) is 50.8 Å². The fourth-order valence-electron chi connectivity index (χ4n) is 3.55. The Morgan fingerprint density at radius 2 is 1.79 bits per heavy atom. The van der Waals surface area contributed by atoms with Gasteiger partial charge < -0.3 is 14.2 Å². The average molecular weight is 410 g/mol. The van der Waals surface area contributed by atoms with Gasteiger partial charge in [0.15, 0.2) is 16.5 Å². The van der Waals surface area contributed by atoms with E-state index in [0.717, 1.165) is 12.8 Å². The number of benzene rings is 1. The highest BCUT2D eigenvalue weighted by molar-refractivity contribution is 7.89. The lowest BCUT2D eigenvalue weighted by molar-refractivity contribution is 0.138. The van der Waals surface area contributed by atoms with Crippen LogP contribution in [0.3, 0.4) is 0 Å². The first-order valence-corrected chi connectivity index (χ1v) is 10.7. The molecule has 0 spiro atoms. The van der Waals surface area contributed by atoms with E-state index in [1.807, 2.05) is 18.2 Å². The molecule has 1 N–H and O–H groups in total. The molecule has 9 heteroatoms. The summed E-state index contributed by atoms with van der Waals surface area (Å²) < 4.78 is 46.3. The first kappa shape index (κ1) is 20.5. The molecule has 0 aliphatic heterocycles. The molecule has 0 saturated heterocycles. The first-order chi connectivity index (χ1) is 13.3. The molecule has 28 heavy (non-hydrogen) atoms. The largest absolute Gasteiger partial charge is 0.493 e. The van der Waals surface area contributed by atoms with Crippen LogP contribution >= 0.6 is 0 Å². The number of nitrogens with zero attached hydrogens (tertiary/aromatic N) is 2. The zero-order valence-corrected chi connectivity index (χ0v) is 17.5. The Bertz CT molecular complexity index is 918. The number of sulfonamides is 1. The van der Waals surface area contributed by atoms with E-state index in [2.05, 4.69) is 9.82 Å². The van der Waals surface area contributed by atoms with Crippen LogP contribution in [0.25, 0.3) is 0 Å². The molecule has 3 rings (SSSR count). The molecule has 1 aromatic carbocycles. The van der Waals surface area contributed by atoms with Gasteiger partial charge in [-0.2, -0.15) is 5.10 Å². The van der Waals surface area contributed by atoms with Crippen LogP contribution in [0.15, 0.2) is 29.3 Å². The summed E-state index contributed by atoms with van der Waals surface area (Å²) in [6, 6.07) is 6.98. The van der Waals surface area contributed by atoms with Gasteiger partial charge in [-0.1, -0.05) is 6.07 Å². The number of para-hydroxylation sites is 1. The third-order valence-corrected chi connectivity index (χ3v) is 6.47. The fourth-order valence-corrected chi connectivity index (χ4v) is 5.06. The average Bonchev–Trinajstić information content (AvgIpc) is 3.02. The minimum absolute atomic E-state index is 0.000655. The number of hydrogen-bond donors (Lipinski definition) is 1. The second-order valence-corrected chi connectivity index (χ2v) is 8.61. The molecule has 1 aliphatic carbocycles. The molecular formula is C19H27N3O5S. The Morgan fingerprint density at radius 3 is 2.36 bits per heavy atom. The summed E-state index contributed by atoms with van der Waals surface area (Å²) in [6.45, 7) is 1.77. The maximum absolute atomic E-state index is 12.6. The summed E-state index contributed by atoms with van der Waals surface area (Å²) >= 11 is 0. The van der Waals surface area contributed by atoms with Gasteiger partial charge in [0.25, 0.3) is 10.0 Å². The lowest BCUT2D eigenvalue weighted by Crippen LogP contribution is -2.40. The van der Waals surface area contributed by atoms with Crippen molar-refractivity contribution in [2.75, 3.05) is 14.2 Å². The van der Waals surface area contributed by atoms with E-state index in [1.54, 1.807) is 34.3 Å². The maximum atomic E-state index is 12.6. The Kier molecular flexibility index (Phi) is 6.14. The highest BCUT2D eigenvalue weighted by Gasteiger charge is 2.29. The third-order valence-electron chi connectivity index (χ3n) is 4.89. The van der Waals surface area contributed by atoms with Gasteiger partial charge in [-0.3, -0.25) is 4.68 Å². The molecule has 1 fully saturated rings. The van der Waals surface area contributed by atoms with Crippen molar-refractivity contribution < 1.29 is 22.6 Å². The zero-order valence-electron chi connectivity index (χ0n) is 16.6. The summed E-state index contributed by atoms with van der Waals surface area (Å²) in [6.07, 6.45) is 2.90. The monoisotopic (exact) mass is 409 g/mol. The Morgan fingerprint density at radius 1 is 1.11 bits per heavy atom. The number of aryl methyl sites for hydroxylation is 2. The van der Waals surface area contributed by atoms with Crippen LogP contribution < -0.4 is 18.9 Å². The maximum Gasteiger partial charge on any atom is 0.257 e. The second-order valence-electron chi connectivity index (χ2n) is 6.95. The molecule has 2 aromatic rings. The summed E-state index contributed by atoms with van der Waals surface area (Å²) in [4.78, 5) is 0. The van der Waals surface area contributed by atoms with Crippen molar-refractivity contribution in [3.05, 3.63) is 30.0 Å². The van der Waals surface area contributed by atoms with E-state index in [0.29, 0.717) is 35.8 Å². The molecule has 1 aliphatic rings. The highest BCUT2D eigenvalue weighted by Crippen LogP contribution is 2.38. The van der Waals surface area contributed by atoms with Gasteiger partial charge in [0.2, 0.25) is 5.75 Å². The molecule has 0 unspecified atom stereocenters. The molecule has 1 saturated carbocycles. The fraction of sp³-hybridized carbons (Fsp3) is 0.526. The van der Waals surface area contributed by atoms with Gasteiger partial charge in [-0.25, -0.2) is 13.1 Å². The molecule has 0 atom stereocenters. The summed E-state index contributed by atoms with van der Waals surface area (Å²) in [5.41, 5.74) is 0.673. The number of rotatable bonds is 7. The SMILES string of the molecule is COc1cccc(OC2CCC(NS(=O)(=O)c3cc(C)nn3C)CC2)c1OC. The van der Waals surface area contributed by atoms with Crippen molar-refractivity contribution in [2.24, 2.45) is 7.05 Å². The molecule has 154 valence electrons. The van der Waals surface area contributed by atoms with E-state index in [9.17, 15) is 8.42 Å². The standard InChI is InChI=1S/C19H27N3O5S/c1-13-12-18(22(2)20-13)28(23,24)21-14-8-10-15(11-9-14)27-17-7-5-6-16(25-3)19(17)26-4/h5-7,12,14-15,21H,8-11H2,1-4H3. The van der Waals surface area contributed by atoms with Crippen LogP contribution in [-0.4, -0.2) is 44.6 Å². The van der Waals surface area contributed by atoms with Crippen LogP contribution in [0.2, 0.25) is 0 Å². The van der Waals surface area contributed by atoms with Crippen LogP contribution in [0.4, 0.5) is 0 Å². The smallest absolute Gasteiger partial charge is 0.257 e. The van der Waals surface area contributed by atoms with Crippen molar-refractivity contribution in [1.29, 1.82) is 0 Å². The number of methoxy groups -OCH3 is 2. The van der Waals surface area contributed by atoms with Crippen molar-refractivity contribution in [2.45, 2.75) is 49.8 Å². The summed E-state index contributed by atoms with van der Waals surface area (Å²) in [5.74, 6) is 1.82. The second kappa shape index (κ2) is 8.40. The van der Waals surface area contributed by atoms with Crippen molar-refractivity contribution in [1.82, 2.24) is 14.5 Å². The van der Waals surface area contributed by atoms with E-state index < -0.39 is 10.0 Å². The molecule has 0 radical (unpaired) electrons. The van der Waals surface area contributed by atoms with Gasteiger partial charge in [0.1, 0.15) is 0 Å². The van der Waals surface area contributed by atoms with E-state index in [-0.39, 0.29) is 17.2 Å². The Hall–Kier alpha value is -2.26. The number of nitrogens with one attached hydrogen (secondary N) is 1. The molecule has 0 amide bonds. The summed E-state index contributed by atoms with van der Waals surface area (Å²) in [7, 11) is 1.21. The van der Waals surface area contributed by atoms with E-state index in [4.69, 9.17) is 14.2 Å². The Balaban J connectivity index is 1.60. The van der Waals surface area contributed by atoms with Gasteiger partial charge >= 0.3 is 0 Å².